The molecule has 0 saturated heterocycles. The van der Waals surface area contributed by atoms with Gasteiger partial charge in [-0.25, -0.2) is 0 Å². The number of nitrogens with one attached hydrogen (secondary N) is 2. The highest BCUT2D eigenvalue weighted by Gasteiger charge is 2.23. The van der Waals surface area contributed by atoms with Crippen LogP contribution < -0.4 is 10.6 Å². The third-order valence-electron chi connectivity index (χ3n) is 4.50. The van der Waals surface area contributed by atoms with Crippen molar-refractivity contribution in [1.29, 1.82) is 0 Å². The van der Waals surface area contributed by atoms with Crippen molar-refractivity contribution in [2.24, 2.45) is 5.41 Å². The second-order valence-corrected chi connectivity index (χ2v) is 10.3. The van der Waals surface area contributed by atoms with Gasteiger partial charge in [0.25, 0.3) is 0 Å². The van der Waals surface area contributed by atoms with E-state index in [1.165, 1.54) is 11.8 Å². The van der Waals surface area contributed by atoms with Crippen LogP contribution in [0.4, 0.5) is 11.4 Å². The Bertz CT molecular complexity index is 1080. The van der Waals surface area contributed by atoms with Crippen molar-refractivity contribution in [3.8, 4) is 0 Å². The van der Waals surface area contributed by atoms with Gasteiger partial charge in [0.1, 0.15) is 5.25 Å². The molecular weight excluding hydrogens is 440 g/mol. The van der Waals surface area contributed by atoms with Crippen molar-refractivity contribution >= 4 is 46.6 Å². The maximum absolute atomic E-state index is 13.2. The molecule has 6 heteroatoms. The molecule has 0 bridgehead atoms. The molecule has 2 amide bonds. The molecule has 166 valence electrons. The first-order chi connectivity index (χ1) is 15.2. The molecule has 32 heavy (non-hydrogen) atoms. The number of amides is 2. The first kappa shape index (κ1) is 23.9. The average molecular weight is 467 g/mol. The Hall–Kier alpha value is -2.76. The van der Waals surface area contributed by atoms with Crippen LogP contribution in [0.3, 0.4) is 0 Å². The molecule has 0 fully saturated rings. The summed E-state index contributed by atoms with van der Waals surface area (Å²) in [4.78, 5) is 26.4. The van der Waals surface area contributed by atoms with Crippen LogP contribution in [0.1, 0.15) is 38.0 Å². The van der Waals surface area contributed by atoms with E-state index < -0.39 is 5.25 Å². The molecule has 4 nitrogen and oxygen atoms in total. The number of carbonyl (C=O) groups excluding carboxylic acids is 2. The van der Waals surface area contributed by atoms with Crippen LogP contribution >= 0.6 is 23.4 Å². The van der Waals surface area contributed by atoms with Gasteiger partial charge >= 0.3 is 0 Å². The van der Waals surface area contributed by atoms with Crippen LogP contribution in [0.15, 0.2) is 83.8 Å². The minimum absolute atomic E-state index is 0.0297. The van der Waals surface area contributed by atoms with Gasteiger partial charge in [-0.1, -0.05) is 74.8 Å². The quantitative estimate of drug-likeness (QED) is 0.362. The highest BCUT2D eigenvalue weighted by atomic mass is 35.5. The fourth-order valence-electron chi connectivity index (χ4n) is 3.14. The summed E-state index contributed by atoms with van der Waals surface area (Å²) in [6.07, 6.45) is 0.430. The van der Waals surface area contributed by atoms with Crippen molar-refractivity contribution in [3.63, 3.8) is 0 Å². The summed E-state index contributed by atoms with van der Waals surface area (Å²) in [5, 5.41) is 6.00. The topological polar surface area (TPSA) is 58.2 Å². The molecule has 0 radical (unpaired) electrons. The third-order valence-corrected chi connectivity index (χ3v) is 5.98. The number of rotatable bonds is 7. The molecule has 0 aliphatic rings. The van der Waals surface area contributed by atoms with Gasteiger partial charge in [-0.3, -0.25) is 9.59 Å². The van der Waals surface area contributed by atoms with Gasteiger partial charge in [-0.2, -0.15) is 0 Å². The average Bonchev–Trinajstić information content (AvgIpc) is 2.71. The number of halogens is 1. The number of carbonyl (C=O) groups is 2. The van der Waals surface area contributed by atoms with E-state index in [9.17, 15) is 9.59 Å². The van der Waals surface area contributed by atoms with E-state index >= 15 is 0 Å². The van der Waals surface area contributed by atoms with Crippen molar-refractivity contribution in [2.75, 3.05) is 10.6 Å². The van der Waals surface area contributed by atoms with E-state index in [4.69, 9.17) is 11.6 Å². The maximum Gasteiger partial charge on any atom is 0.242 e. The Morgan fingerprint density at radius 1 is 0.875 bits per heavy atom. The minimum Gasteiger partial charge on any atom is -0.326 e. The first-order valence-corrected chi connectivity index (χ1v) is 11.6. The zero-order valence-corrected chi connectivity index (χ0v) is 20.0. The highest BCUT2D eigenvalue weighted by molar-refractivity contribution is 8.00. The third kappa shape index (κ3) is 7.43. The molecule has 0 aliphatic carbocycles. The molecule has 0 aromatic heterocycles. The molecule has 0 aliphatic heterocycles. The number of thioether (sulfide) groups is 1. The summed E-state index contributed by atoms with van der Waals surface area (Å²) >= 11 is 7.49. The Morgan fingerprint density at radius 3 is 2.19 bits per heavy atom. The number of hydrogen-bond acceptors (Lipinski definition) is 3. The molecule has 3 aromatic carbocycles. The molecule has 0 spiro atoms. The number of anilines is 2. The number of benzene rings is 3. The van der Waals surface area contributed by atoms with Crippen LogP contribution in [0.25, 0.3) is 0 Å². The van der Waals surface area contributed by atoms with Gasteiger partial charge < -0.3 is 10.6 Å². The van der Waals surface area contributed by atoms with E-state index in [0.29, 0.717) is 22.8 Å². The van der Waals surface area contributed by atoms with Gasteiger partial charge in [0.05, 0.1) is 0 Å². The van der Waals surface area contributed by atoms with Gasteiger partial charge in [-0.15, -0.1) is 11.8 Å². The van der Waals surface area contributed by atoms with Crippen LogP contribution in [-0.4, -0.2) is 11.8 Å². The monoisotopic (exact) mass is 466 g/mol. The Balaban J connectivity index is 1.79. The van der Waals surface area contributed by atoms with Gasteiger partial charge in [0, 0.05) is 27.7 Å². The van der Waals surface area contributed by atoms with Crippen molar-refractivity contribution < 1.29 is 9.59 Å². The van der Waals surface area contributed by atoms with Crippen molar-refractivity contribution in [2.45, 2.75) is 37.3 Å². The molecule has 3 aromatic rings. The summed E-state index contributed by atoms with van der Waals surface area (Å²) in [5.41, 5.74) is 2.16. The van der Waals surface area contributed by atoms with Gasteiger partial charge in [-0.05, 0) is 47.4 Å². The van der Waals surface area contributed by atoms with E-state index in [1.807, 2.05) is 81.4 Å². The fraction of sp³-hybridized carbons (Fsp3) is 0.231. The molecule has 1 atom stereocenters. The van der Waals surface area contributed by atoms with Gasteiger partial charge in [0.15, 0.2) is 0 Å². The Labute approximate surface area is 198 Å². The van der Waals surface area contributed by atoms with Crippen molar-refractivity contribution in [3.05, 3.63) is 89.4 Å². The summed E-state index contributed by atoms with van der Waals surface area (Å²) in [6.45, 7) is 6.09. The van der Waals surface area contributed by atoms with E-state index in [1.54, 1.807) is 18.2 Å². The molecule has 1 unspecified atom stereocenters. The smallest absolute Gasteiger partial charge is 0.242 e. The van der Waals surface area contributed by atoms with E-state index in [-0.39, 0.29) is 17.2 Å². The molecule has 0 heterocycles. The Kier molecular flexibility index (Phi) is 7.99. The van der Waals surface area contributed by atoms with Crippen LogP contribution in [0, 0.1) is 5.41 Å². The lowest BCUT2D eigenvalue weighted by Crippen LogP contribution is -2.20. The van der Waals surface area contributed by atoms with Crippen LogP contribution in [0.5, 0.6) is 0 Å². The van der Waals surface area contributed by atoms with E-state index in [0.717, 1.165) is 10.5 Å². The lowest BCUT2D eigenvalue weighted by atomic mass is 9.92. The zero-order valence-electron chi connectivity index (χ0n) is 18.4. The number of hydrogen-bond donors (Lipinski definition) is 2. The standard InChI is InChI=1S/C26H27ClN2O2S/c1-26(2,3)17-23(30)28-21-13-8-14-22(16-21)32-24(18-9-5-4-6-10-18)25(31)29-20-12-7-11-19(27)15-20/h4-16,24H,17H2,1-3H3,(H,28,30)(H,29,31). The molecule has 0 saturated carbocycles. The van der Waals surface area contributed by atoms with Crippen LogP contribution in [0.2, 0.25) is 5.02 Å². The van der Waals surface area contributed by atoms with Gasteiger partial charge in [0.2, 0.25) is 11.8 Å². The Morgan fingerprint density at radius 2 is 1.53 bits per heavy atom. The summed E-state index contributed by atoms with van der Waals surface area (Å²) in [5.74, 6) is -0.177. The predicted molar refractivity (Wildman–Crippen MR) is 134 cm³/mol. The SMILES string of the molecule is CC(C)(C)CC(=O)Nc1cccc(SC(C(=O)Nc2cccc(Cl)c2)c2ccccc2)c1. The summed E-state index contributed by atoms with van der Waals surface area (Å²) in [6, 6.07) is 24.3. The summed E-state index contributed by atoms with van der Waals surface area (Å²) < 4.78 is 0. The lowest BCUT2D eigenvalue weighted by molar-refractivity contribution is -0.118. The van der Waals surface area contributed by atoms with Crippen LogP contribution in [-0.2, 0) is 9.59 Å². The zero-order chi connectivity index (χ0) is 23.1. The lowest BCUT2D eigenvalue weighted by Gasteiger charge is -2.19. The molecule has 3 rings (SSSR count). The van der Waals surface area contributed by atoms with E-state index in [2.05, 4.69) is 10.6 Å². The highest BCUT2D eigenvalue weighted by Crippen LogP contribution is 2.37. The van der Waals surface area contributed by atoms with Crippen molar-refractivity contribution in [1.82, 2.24) is 0 Å². The predicted octanol–water partition coefficient (Wildman–Crippen LogP) is 7.19. The fourth-order valence-corrected chi connectivity index (χ4v) is 4.42. The molecule has 2 N–H and O–H groups in total. The maximum atomic E-state index is 13.2. The minimum atomic E-state index is -0.476. The second-order valence-electron chi connectivity index (χ2n) is 8.72. The molecular formula is C26H27ClN2O2S. The summed E-state index contributed by atoms with van der Waals surface area (Å²) in [7, 11) is 0. The normalized spacial score (nSPS) is 12.1. The largest absolute Gasteiger partial charge is 0.326 e. The first-order valence-electron chi connectivity index (χ1n) is 10.4. The second kappa shape index (κ2) is 10.7.